The number of nitrogens with zero attached hydrogens (tertiary/aromatic N) is 1. The van der Waals surface area contributed by atoms with E-state index in [0.29, 0.717) is 18.3 Å². The van der Waals surface area contributed by atoms with Crippen molar-refractivity contribution in [2.45, 2.75) is 58.6 Å². The average molecular weight is 268 g/mol. The van der Waals surface area contributed by atoms with Gasteiger partial charge in [0.05, 0.1) is 6.10 Å². The van der Waals surface area contributed by atoms with Crippen LogP contribution >= 0.6 is 0 Å². The maximum absolute atomic E-state index is 12.2. The van der Waals surface area contributed by atoms with E-state index in [9.17, 15) is 9.90 Å². The summed E-state index contributed by atoms with van der Waals surface area (Å²) in [5.74, 6) is 0.985. The molecule has 0 aromatic carbocycles. The summed E-state index contributed by atoms with van der Waals surface area (Å²) in [4.78, 5) is 14.2. The van der Waals surface area contributed by atoms with Crippen molar-refractivity contribution < 1.29 is 9.90 Å². The first-order valence-electron chi connectivity index (χ1n) is 7.47. The molecule has 0 radical (unpaired) electrons. The summed E-state index contributed by atoms with van der Waals surface area (Å²) in [6.45, 7) is 7.99. The fourth-order valence-corrected chi connectivity index (χ4v) is 3.65. The molecule has 2 aliphatic rings. The molecule has 4 unspecified atom stereocenters. The first kappa shape index (κ1) is 14.8. The largest absolute Gasteiger partial charge is 0.393 e. The van der Waals surface area contributed by atoms with Gasteiger partial charge in [-0.1, -0.05) is 20.8 Å². The molecule has 1 heterocycles. The van der Waals surface area contributed by atoms with Gasteiger partial charge in [0.15, 0.2) is 0 Å². The van der Waals surface area contributed by atoms with E-state index in [1.165, 1.54) is 0 Å². The molecule has 1 saturated heterocycles. The van der Waals surface area contributed by atoms with Gasteiger partial charge in [0.2, 0.25) is 5.91 Å². The molecular formula is C15H28N2O2. The SMILES string of the molecule is CC(C)(C)CC(N)CC(=O)N1CC2CCC(O)C2C1. The number of fused-ring (bicyclic) bond motifs is 1. The van der Waals surface area contributed by atoms with Crippen LogP contribution in [0.25, 0.3) is 0 Å². The van der Waals surface area contributed by atoms with Gasteiger partial charge in [-0.3, -0.25) is 4.79 Å². The number of nitrogens with two attached hydrogens (primary N) is 1. The van der Waals surface area contributed by atoms with Gasteiger partial charge in [-0.15, -0.1) is 0 Å². The van der Waals surface area contributed by atoms with Crippen molar-refractivity contribution in [2.24, 2.45) is 23.0 Å². The summed E-state index contributed by atoms with van der Waals surface area (Å²) in [6.07, 6.45) is 3.06. The number of carbonyl (C=O) groups excluding carboxylic acids is 1. The molecule has 110 valence electrons. The Labute approximate surface area is 116 Å². The Hall–Kier alpha value is -0.610. The van der Waals surface area contributed by atoms with Crippen molar-refractivity contribution in [1.82, 2.24) is 4.90 Å². The van der Waals surface area contributed by atoms with Gasteiger partial charge in [0, 0.05) is 31.5 Å². The molecule has 1 aliphatic heterocycles. The summed E-state index contributed by atoms with van der Waals surface area (Å²) < 4.78 is 0. The number of hydrogen-bond acceptors (Lipinski definition) is 3. The lowest BCUT2D eigenvalue weighted by atomic mass is 9.87. The number of aliphatic hydroxyl groups excluding tert-OH is 1. The molecule has 2 rings (SSSR count). The van der Waals surface area contributed by atoms with Crippen LogP contribution in [0.5, 0.6) is 0 Å². The molecule has 1 amide bonds. The molecule has 4 heteroatoms. The highest BCUT2D eigenvalue weighted by molar-refractivity contribution is 5.77. The van der Waals surface area contributed by atoms with Crippen molar-refractivity contribution in [3.05, 3.63) is 0 Å². The third kappa shape index (κ3) is 3.69. The molecule has 2 fully saturated rings. The summed E-state index contributed by atoms with van der Waals surface area (Å²) in [5, 5.41) is 9.87. The third-order valence-electron chi connectivity index (χ3n) is 4.48. The van der Waals surface area contributed by atoms with E-state index >= 15 is 0 Å². The topological polar surface area (TPSA) is 66.6 Å². The van der Waals surface area contributed by atoms with E-state index < -0.39 is 0 Å². The van der Waals surface area contributed by atoms with Crippen molar-refractivity contribution in [1.29, 1.82) is 0 Å². The Morgan fingerprint density at radius 2 is 2.05 bits per heavy atom. The Bertz CT molecular complexity index is 338. The van der Waals surface area contributed by atoms with Crippen molar-refractivity contribution >= 4 is 5.91 Å². The smallest absolute Gasteiger partial charge is 0.224 e. The highest BCUT2D eigenvalue weighted by atomic mass is 16.3. The number of aliphatic hydroxyl groups is 1. The first-order chi connectivity index (χ1) is 8.76. The zero-order chi connectivity index (χ0) is 14.2. The van der Waals surface area contributed by atoms with E-state index in [2.05, 4.69) is 20.8 Å². The van der Waals surface area contributed by atoms with Gasteiger partial charge in [0.25, 0.3) is 0 Å². The lowest BCUT2D eigenvalue weighted by Gasteiger charge is -2.25. The zero-order valence-electron chi connectivity index (χ0n) is 12.4. The number of hydrogen-bond donors (Lipinski definition) is 2. The van der Waals surface area contributed by atoms with Crippen LogP contribution in [-0.4, -0.2) is 41.1 Å². The summed E-state index contributed by atoms with van der Waals surface area (Å²) in [6, 6.07) is -0.0575. The highest BCUT2D eigenvalue weighted by Gasteiger charge is 2.43. The summed E-state index contributed by atoms with van der Waals surface area (Å²) in [7, 11) is 0. The highest BCUT2D eigenvalue weighted by Crippen LogP contribution is 2.38. The van der Waals surface area contributed by atoms with Crippen molar-refractivity contribution in [2.75, 3.05) is 13.1 Å². The van der Waals surface area contributed by atoms with Crippen LogP contribution in [0.2, 0.25) is 0 Å². The number of carbonyl (C=O) groups is 1. The van der Waals surface area contributed by atoms with Crippen molar-refractivity contribution in [3.8, 4) is 0 Å². The predicted octanol–water partition coefficient (Wildman–Crippen LogP) is 1.37. The molecule has 0 spiro atoms. The van der Waals surface area contributed by atoms with Gasteiger partial charge >= 0.3 is 0 Å². The van der Waals surface area contributed by atoms with E-state index in [0.717, 1.165) is 32.4 Å². The molecule has 4 atom stereocenters. The van der Waals surface area contributed by atoms with Crippen LogP contribution in [0.4, 0.5) is 0 Å². The predicted molar refractivity (Wildman–Crippen MR) is 75.5 cm³/mol. The van der Waals surface area contributed by atoms with Crippen LogP contribution in [-0.2, 0) is 4.79 Å². The fourth-order valence-electron chi connectivity index (χ4n) is 3.65. The second-order valence-electron chi connectivity index (χ2n) is 7.60. The molecule has 1 saturated carbocycles. The Kier molecular flexibility index (Phi) is 4.21. The lowest BCUT2D eigenvalue weighted by Crippen LogP contribution is -2.37. The number of amides is 1. The molecule has 0 aromatic heterocycles. The minimum atomic E-state index is -0.203. The molecule has 19 heavy (non-hydrogen) atoms. The lowest BCUT2D eigenvalue weighted by molar-refractivity contribution is -0.131. The minimum absolute atomic E-state index is 0.0575. The van der Waals surface area contributed by atoms with Crippen LogP contribution in [0, 0.1) is 17.3 Å². The van der Waals surface area contributed by atoms with Crippen molar-refractivity contribution in [3.63, 3.8) is 0 Å². The number of rotatable bonds is 3. The van der Waals surface area contributed by atoms with Crippen LogP contribution in [0.3, 0.4) is 0 Å². The van der Waals surface area contributed by atoms with E-state index in [1.54, 1.807) is 0 Å². The van der Waals surface area contributed by atoms with Gasteiger partial charge < -0.3 is 15.7 Å². The molecule has 3 N–H and O–H groups in total. The second-order valence-corrected chi connectivity index (χ2v) is 7.60. The van der Waals surface area contributed by atoms with E-state index in [-0.39, 0.29) is 23.5 Å². The summed E-state index contributed by atoms with van der Waals surface area (Å²) in [5.41, 5.74) is 6.24. The van der Waals surface area contributed by atoms with E-state index in [4.69, 9.17) is 5.73 Å². The van der Waals surface area contributed by atoms with Gasteiger partial charge in [-0.05, 0) is 30.6 Å². The van der Waals surface area contributed by atoms with Crippen LogP contribution < -0.4 is 5.73 Å². The van der Waals surface area contributed by atoms with E-state index in [1.807, 2.05) is 4.90 Å². The Balaban J connectivity index is 1.82. The van der Waals surface area contributed by atoms with Gasteiger partial charge in [-0.25, -0.2) is 0 Å². The molecule has 0 bridgehead atoms. The second kappa shape index (κ2) is 5.41. The monoisotopic (exact) mass is 268 g/mol. The normalized spacial score (nSPS) is 32.5. The summed E-state index contributed by atoms with van der Waals surface area (Å²) >= 11 is 0. The molecule has 0 aromatic rings. The van der Waals surface area contributed by atoms with Gasteiger partial charge in [-0.2, -0.15) is 0 Å². The Morgan fingerprint density at radius 1 is 1.37 bits per heavy atom. The van der Waals surface area contributed by atoms with Crippen LogP contribution in [0.1, 0.15) is 46.5 Å². The average Bonchev–Trinajstić information content (AvgIpc) is 2.78. The quantitative estimate of drug-likeness (QED) is 0.812. The maximum atomic E-state index is 12.2. The standard InChI is InChI=1S/C15H28N2O2/c1-15(2,3)7-11(16)6-14(19)17-8-10-4-5-13(18)12(10)9-17/h10-13,18H,4-9,16H2,1-3H3. The first-order valence-corrected chi connectivity index (χ1v) is 7.47. The molecule has 1 aliphatic carbocycles. The fraction of sp³-hybridized carbons (Fsp3) is 0.933. The Morgan fingerprint density at radius 3 is 2.63 bits per heavy atom. The third-order valence-corrected chi connectivity index (χ3v) is 4.48. The maximum Gasteiger partial charge on any atom is 0.224 e. The minimum Gasteiger partial charge on any atom is -0.393 e. The zero-order valence-corrected chi connectivity index (χ0v) is 12.4. The number of likely N-dealkylation sites (tertiary alicyclic amines) is 1. The molecule has 4 nitrogen and oxygen atoms in total. The van der Waals surface area contributed by atoms with Gasteiger partial charge in [0.1, 0.15) is 0 Å². The van der Waals surface area contributed by atoms with Crippen LogP contribution in [0.15, 0.2) is 0 Å². The molecular weight excluding hydrogens is 240 g/mol.